The zero-order chi connectivity index (χ0) is 28.4. The van der Waals surface area contributed by atoms with Crippen LogP contribution in [-0.4, -0.2) is 0 Å². The predicted molar refractivity (Wildman–Crippen MR) is 182 cm³/mol. The van der Waals surface area contributed by atoms with E-state index in [1.807, 2.05) is 72.4 Å². The van der Waals surface area contributed by atoms with E-state index in [1.165, 1.54) is 21.2 Å². The van der Waals surface area contributed by atoms with Crippen LogP contribution in [0.2, 0.25) is 0 Å². The molecule has 0 aliphatic heterocycles. The van der Waals surface area contributed by atoms with Gasteiger partial charge in [0.1, 0.15) is 0 Å². The number of hydrogen-bond acceptors (Lipinski definition) is 2. The minimum Gasteiger partial charge on any atom is -0.309 e. The molecule has 0 aliphatic carbocycles. The summed E-state index contributed by atoms with van der Waals surface area (Å²) in [5.41, 5.74) is 3.48. The maximum Gasteiger partial charge on any atom is 0.171 e. The van der Waals surface area contributed by atoms with E-state index < -0.39 is 7.14 Å². The molecule has 0 amide bonds. The molecular weight excluding hydrogens is 547 g/mol. The molecule has 1 nitrogen and oxygen atoms in total. The highest BCUT2D eigenvalue weighted by Crippen LogP contribution is 2.49. The van der Waals surface area contributed by atoms with Gasteiger partial charge in [-0.1, -0.05) is 152 Å². The van der Waals surface area contributed by atoms with Crippen LogP contribution in [0, 0.1) is 0 Å². The van der Waals surface area contributed by atoms with Gasteiger partial charge < -0.3 is 4.57 Å². The number of hydrogen-bond donors (Lipinski definition) is 0. The summed E-state index contributed by atoms with van der Waals surface area (Å²) in [7, 11) is -3.27. The molecule has 0 atom stereocenters. The predicted octanol–water partition coefficient (Wildman–Crippen LogP) is 9.59. The maximum absolute atomic E-state index is 15.9. The fourth-order valence-electron chi connectivity index (χ4n) is 5.85. The summed E-state index contributed by atoms with van der Waals surface area (Å²) >= 11 is 1.84. The van der Waals surface area contributed by atoms with Crippen molar-refractivity contribution in [2.75, 3.05) is 0 Å². The Balaban J connectivity index is 1.58. The van der Waals surface area contributed by atoms with Gasteiger partial charge in [0.05, 0.1) is 0 Å². The van der Waals surface area contributed by atoms with E-state index in [4.69, 9.17) is 0 Å². The lowest BCUT2D eigenvalue weighted by Gasteiger charge is -2.26. The molecule has 7 aromatic rings. The lowest BCUT2D eigenvalue weighted by molar-refractivity contribution is 0.592. The molecule has 7 aromatic carbocycles. The Labute approximate surface area is 251 Å². The topological polar surface area (TPSA) is 17.1 Å². The zero-order valence-corrected chi connectivity index (χ0v) is 24.8. The SMILES string of the molecule is O=P(c1ccccc1)(c1ccccc1)c1ccc2ccccc2c1-c1c(SCc2ccccc2)ccc2ccccc12. The molecular formula is C39H29OPS. The highest BCUT2D eigenvalue weighted by Gasteiger charge is 2.34. The third-order valence-electron chi connectivity index (χ3n) is 7.86. The second-order valence-electron chi connectivity index (χ2n) is 10.4. The van der Waals surface area contributed by atoms with Gasteiger partial charge >= 0.3 is 0 Å². The molecule has 0 spiro atoms. The average molecular weight is 577 g/mol. The van der Waals surface area contributed by atoms with Crippen LogP contribution in [0.25, 0.3) is 32.7 Å². The van der Waals surface area contributed by atoms with Gasteiger partial charge in [0.25, 0.3) is 0 Å². The lowest BCUT2D eigenvalue weighted by atomic mass is 9.94. The Morgan fingerprint density at radius 3 is 1.52 bits per heavy atom. The second-order valence-corrected chi connectivity index (χ2v) is 14.1. The smallest absolute Gasteiger partial charge is 0.171 e. The van der Waals surface area contributed by atoms with Crippen LogP contribution in [0.4, 0.5) is 0 Å². The zero-order valence-electron chi connectivity index (χ0n) is 23.1. The van der Waals surface area contributed by atoms with Crippen molar-refractivity contribution < 1.29 is 4.57 Å². The van der Waals surface area contributed by atoms with E-state index >= 15 is 4.57 Å². The molecule has 0 fully saturated rings. The summed E-state index contributed by atoms with van der Waals surface area (Å²) in [5.74, 6) is 0.849. The standard InChI is InChI=1S/C39H29OPS/c40-41(32-18-6-2-7-19-32,33-20-8-3-9-21-33)36-26-24-30-16-10-12-22-34(30)38(36)39-35-23-13-11-17-31(35)25-27-37(39)42-28-29-14-4-1-5-15-29/h1-27H,28H2. The quantitative estimate of drug-likeness (QED) is 0.139. The van der Waals surface area contributed by atoms with Crippen molar-refractivity contribution in [3.8, 4) is 11.1 Å². The largest absolute Gasteiger partial charge is 0.309 e. The average Bonchev–Trinajstić information content (AvgIpc) is 3.07. The van der Waals surface area contributed by atoms with Crippen molar-refractivity contribution in [2.24, 2.45) is 0 Å². The number of thioether (sulfide) groups is 1. The highest BCUT2D eigenvalue weighted by molar-refractivity contribution is 7.98. The van der Waals surface area contributed by atoms with E-state index in [9.17, 15) is 0 Å². The van der Waals surface area contributed by atoms with Crippen LogP contribution >= 0.6 is 18.9 Å². The van der Waals surface area contributed by atoms with Crippen LogP contribution in [0.3, 0.4) is 0 Å². The van der Waals surface area contributed by atoms with Gasteiger partial charge in [-0.2, -0.15) is 0 Å². The first-order valence-corrected chi connectivity index (χ1v) is 16.9. The summed E-state index contributed by atoms with van der Waals surface area (Å²) in [6, 6.07) is 56.4. The summed E-state index contributed by atoms with van der Waals surface area (Å²) in [4.78, 5) is 1.18. The Morgan fingerprint density at radius 1 is 0.452 bits per heavy atom. The molecule has 0 bridgehead atoms. The van der Waals surface area contributed by atoms with Gasteiger partial charge in [-0.15, -0.1) is 11.8 Å². The fourth-order valence-corrected chi connectivity index (χ4v) is 9.76. The fraction of sp³-hybridized carbons (Fsp3) is 0.0256. The highest BCUT2D eigenvalue weighted by atomic mass is 32.2. The van der Waals surface area contributed by atoms with Crippen molar-refractivity contribution in [3.05, 3.63) is 169 Å². The minimum atomic E-state index is -3.27. The summed E-state index contributed by atoms with van der Waals surface area (Å²) in [6.07, 6.45) is 0. The minimum absolute atomic E-state index is 0.839. The molecule has 0 N–H and O–H groups in total. The van der Waals surface area contributed by atoms with E-state index in [1.54, 1.807) is 0 Å². The third kappa shape index (κ3) is 4.77. The second kappa shape index (κ2) is 11.5. The van der Waals surface area contributed by atoms with Crippen molar-refractivity contribution in [3.63, 3.8) is 0 Å². The first-order chi connectivity index (χ1) is 20.7. The van der Waals surface area contributed by atoms with Crippen LogP contribution in [0.5, 0.6) is 0 Å². The van der Waals surface area contributed by atoms with Gasteiger partial charge in [-0.3, -0.25) is 0 Å². The summed E-state index contributed by atoms with van der Waals surface area (Å²) in [5, 5.41) is 7.14. The molecule has 0 aromatic heterocycles. The van der Waals surface area contributed by atoms with Gasteiger partial charge in [0.15, 0.2) is 7.14 Å². The van der Waals surface area contributed by atoms with Crippen molar-refractivity contribution in [1.29, 1.82) is 0 Å². The molecule has 0 saturated heterocycles. The van der Waals surface area contributed by atoms with Crippen LogP contribution < -0.4 is 15.9 Å². The molecule has 42 heavy (non-hydrogen) atoms. The van der Waals surface area contributed by atoms with Gasteiger partial charge in [-0.25, -0.2) is 0 Å². The van der Waals surface area contributed by atoms with Gasteiger partial charge in [-0.05, 0) is 39.2 Å². The monoisotopic (exact) mass is 576 g/mol. The Morgan fingerprint density at radius 2 is 0.929 bits per heavy atom. The van der Waals surface area contributed by atoms with E-state index in [0.717, 1.165) is 43.6 Å². The Kier molecular flexibility index (Phi) is 7.26. The van der Waals surface area contributed by atoms with Crippen LogP contribution in [0.15, 0.2) is 169 Å². The molecule has 0 unspecified atom stereocenters. The molecule has 0 radical (unpaired) electrons. The number of fused-ring (bicyclic) bond motifs is 2. The lowest BCUT2D eigenvalue weighted by Crippen LogP contribution is -2.26. The van der Waals surface area contributed by atoms with E-state index in [-0.39, 0.29) is 0 Å². The van der Waals surface area contributed by atoms with E-state index in [0.29, 0.717) is 0 Å². The normalized spacial score (nSPS) is 11.6. The summed E-state index contributed by atoms with van der Waals surface area (Å²) < 4.78 is 15.9. The Hall–Kier alpha value is -4.36. The number of rotatable bonds is 7. The molecule has 0 heterocycles. The van der Waals surface area contributed by atoms with Gasteiger partial charge in [0, 0.05) is 37.7 Å². The van der Waals surface area contributed by atoms with Crippen LogP contribution in [-0.2, 0) is 10.3 Å². The first kappa shape index (κ1) is 26.5. The Bertz CT molecular complexity index is 2010. The van der Waals surface area contributed by atoms with E-state index in [2.05, 4.69) is 103 Å². The first-order valence-electron chi connectivity index (χ1n) is 14.2. The maximum atomic E-state index is 15.9. The molecule has 202 valence electrons. The van der Waals surface area contributed by atoms with Crippen LogP contribution in [0.1, 0.15) is 5.56 Å². The van der Waals surface area contributed by atoms with Crippen molar-refractivity contribution >= 4 is 56.4 Å². The van der Waals surface area contributed by atoms with Crippen molar-refractivity contribution in [2.45, 2.75) is 10.6 Å². The van der Waals surface area contributed by atoms with Gasteiger partial charge in [0.2, 0.25) is 0 Å². The molecule has 7 rings (SSSR count). The van der Waals surface area contributed by atoms with Crippen molar-refractivity contribution in [1.82, 2.24) is 0 Å². The summed E-state index contributed by atoms with van der Waals surface area (Å²) in [6.45, 7) is 0. The molecule has 0 aliphatic rings. The number of benzene rings is 7. The third-order valence-corrected chi connectivity index (χ3v) is 12.1. The molecule has 0 saturated carbocycles. The molecule has 3 heteroatoms.